The van der Waals surface area contributed by atoms with Gasteiger partial charge in [0.1, 0.15) is 0 Å². The normalized spacial score (nSPS) is 17.3. The minimum atomic E-state index is -0.141. The fourth-order valence-electron chi connectivity index (χ4n) is 3.54. The van der Waals surface area contributed by atoms with Gasteiger partial charge in [-0.25, -0.2) is 4.98 Å². The van der Waals surface area contributed by atoms with E-state index < -0.39 is 0 Å². The Bertz CT molecular complexity index is 1110. The number of aromatic nitrogens is 4. The number of aromatic amines is 1. The number of nitrogens with one attached hydrogen (secondary N) is 1. The maximum Gasteiger partial charge on any atom is 0.274 e. The van der Waals surface area contributed by atoms with Crippen molar-refractivity contribution in [3.63, 3.8) is 0 Å². The van der Waals surface area contributed by atoms with Crippen LogP contribution in [0.25, 0.3) is 5.78 Å². The summed E-state index contributed by atoms with van der Waals surface area (Å²) in [6.45, 7) is 2.33. The molecular weight excluding hydrogens is 380 g/mol. The van der Waals surface area contributed by atoms with Crippen molar-refractivity contribution in [3.05, 3.63) is 57.0 Å². The molecule has 2 aliphatic rings. The van der Waals surface area contributed by atoms with Crippen molar-refractivity contribution >= 4 is 29.2 Å². The number of H-pyrrole nitrogens is 1. The third-order valence-corrected chi connectivity index (χ3v) is 5.63. The van der Waals surface area contributed by atoms with Crippen LogP contribution in [0.4, 0.5) is 5.95 Å². The topological polar surface area (TPSA) is 86.6 Å². The summed E-state index contributed by atoms with van der Waals surface area (Å²) in [7, 11) is 0. The Hall–Kier alpha value is -2.87. The number of hydrogen-bond donors (Lipinski definition) is 1. The smallest absolute Gasteiger partial charge is 0.274 e. The van der Waals surface area contributed by atoms with E-state index in [1.54, 1.807) is 23.1 Å². The number of amides is 1. The highest BCUT2D eigenvalue weighted by Gasteiger charge is 2.28. The lowest BCUT2D eigenvalue weighted by Crippen LogP contribution is -2.49. The molecule has 0 spiro atoms. The first kappa shape index (κ1) is 17.2. The number of carbonyl (C=O) groups excluding carboxylic acids is 1. The first-order chi connectivity index (χ1) is 13.6. The molecule has 3 aromatic rings. The van der Waals surface area contributed by atoms with Crippen LogP contribution in [0, 0.1) is 0 Å². The Morgan fingerprint density at radius 2 is 1.86 bits per heavy atom. The molecule has 1 aromatic carbocycles. The quantitative estimate of drug-likeness (QED) is 0.728. The number of piperazine rings is 1. The molecule has 1 aliphatic carbocycles. The Labute approximate surface area is 165 Å². The van der Waals surface area contributed by atoms with Crippen LogP contribution in [0.3, 0.4) is 0 Å². The van der Waals surface area contributed by atoms with E-state index in [2.05, 4.69) is 15.1 Å². The average Bonchev–Trinajstić information content (AvgIpc) is 3.47. The molecule has 2 fully saturated rings. The number of fused-ring (bicyclic) bond motifs is 1. The molecule has 1 saturated carbocycles. The number of halogens is 1. The summed E-state index contributed by atoms with van der Waals surface area (Å²) < 4.78 is 1.38. The van der Waals surface area contributed by atoms with Crippen molar-refractivity contribution in [1.82, 2.24) is 24.5 Å². The lowest BCUT2D eigenvalue weighted by atomic mass is 10.2. The molecule has 1 saturated heterocycles. The van der Waals surface area contributed by atoms with Crippen molar-refractivity contribution in [3.8, 4) is 0 Å². The van der Waals surface area contributed by atoms with Crippen LogP contribution in [0.2, 0.25) is 5.02 Å². The lowest BCUT2D eigenvalue weighted by Gasteiger charge is -2.34. The summed E-state index contributed by atoms with van der Waals surface area (Å²) in [5.41, 5.74) is 1.21. The fourth-order valence-corrected chi connectivity index (χ4v) is 3.76. The van der Waals surface area contributed by atoms with Crippen LogP contribution in [-0.4, -0.2) is 56.6 Å². The predicted octanol–water partition coefficient (Wildman–Crippen LogP) is 1.91. The van der Waals surface area contributed by atoms with Crippen LogP contribution >= 0.6 is 11.6 Å². The van der Waals surface area contributed by atoms with Gasteiger partial charge in [-0.1, -0.05) is 23.7 Å². The Morgan fingerprint density at radius 3 is 2.57 bits per heavy atom. The Balaban J connectivity index is 1.33. The molecular formula is C19H19ClN6O2. The van der Waals surface area contributed by atoms with Gasteiger partial charge in [0.05, 0.1) is 16.3 Å². The second kappa shape index (κ2) is 6.63. The standard InChI is InChI=1S/C19H19ClN6O2/c20-14-4-2-1-3-13(14)17(28)24-7-9-25(10-8-24)19-22-18-21-15(12-5-6-12)11-16(27)26(18)23-19/h1-4,11-12H,5-10H2,(H,21,22,23). The zero-order valence-corrected chi connectivity index (χ0v) is 15.9. The van der Waals surface area contributed by atoms with Crippen LogP contribution in [0.5, 0.6) is 0 Å². The zero-order chi connectivity index (χ0) is 19.3. The molecule has 0 atom stereocenters. The first-order valence-electron chi connectivity index (χ1n) is 9.38. The van der Waals surface area contributed by atoms with E-state index in [1.807, 2.05) is 17.0 Å². The van der Waals surface area contributed by atoms with Crippen molar-refractivity contribution < 1.29 is 4.79 Å². The summed E-state index contributed by atoms with van der Waals surface area (Å²) in [5.74, 6) is 1.33. The Morgan fingerprint density at radius 1 is 1.11 bits per heavy atom. The summed E-state index contributed by atoms with van der Waals surface area (Å²) in [6, 6.07) is 8.67. The minimum Gasteiger partial charge on any atom is -0.338 e. The first-order valence-corrected chi connectivity index (χ1v) is 9.76. The monoisotopic (exact) mass is 398 g/mol. The SMILES string of the molecule is O=C(c1ccccc1Cl)N1CCN(c2nc3nc(C4CC4)cc(=O)n3[nH]2)CC1. The third-order valence-electron chi connectivity index (χ3n) is 5.30. The summed E-state index contributed by atoms with van der Waals surface area (Å²) in [4.78, 5) is 37.9. The molecule has 144 valence electrons. The number of carbonyl (C=O) groups is 1. The van der Waals surface area contributed by atoms with Gasteiger partial charge in [-0.3, -0.25) is 14.7 Å². The Kier molecular flexibility index (Phi) is 4.08. The van der Waals surface area contributed by atoms with Gasteiger partial charge in [0.15, 0.2) is 0 Å². The van der Waals surface area contributed by atoms with E-state index in [0.717, 1.165) is 18.5 Å². The van der Waals surface area contributed by atoms with Gasteiger partial charge in [-0.05, 0) is 25.0 Å². The number of nitrogens with zero attached hydrogens (tertiary/aromatic N) is 5. The van der Waals surface area contributed by atoms with Gasteiger partial charge in [-0.15, -0.1) is 0 Å². The van der Waals surface area contributed by atoms with Crippen LogP contribution in [0.1, 0.15) is 34.8 Å². The second-order valence-electron chi connectivity index (χ2n) is 7.24. The highest BCUT2D eigenvalue weighted by molar-refractivity contribution is 6.33. The predicted molar refractivity (Wildman–Crippen MR) is 105 cm³/mol. The number of rotatable bonds is 3. The van der Waals surface area contributed by atoms with Crippen LogP contribution < -0.4 is 10.5 Å². The molecule has 0 unspecified atom stereocenters. The van der Waals surface area contributed by atoms with Crippen molar-refractivity contribution in [1.29, 1.82) is 0 Å². The molecule has 28 heavy (non-hydrogen) atoms. The molecule has 1 N–H and O–H groups in total. The molecule has 9 heteroatoms. The average molecular weight is 399 g/mol. The fraction of sp³-hybridized carbons (Fsp3) is 0.368. The highest BCUT2D eigenvalue weighted by Crippen LogP contribution is 2.38. The van der Waals surface area contributed by atoms with E-state index in [1.165, 1.54) is 4.52 Å². The summed E-state index contributed by atoms with van der Waals surface area (Å²) >= 11 is 6.15. The van der Waals surface area contributed by atoms with Crippen molar-refractivity contribution in [2.45, 2.75) is 18.8 Å². The van der Waals surface area contributed by atoms with Gasteiger partial charge in [0.2, 0.25) is 5.95 Å². The van der Waals surface area contributed by atoms with Gasteiger partial charge >= 0.3 is 0 Å². The molecule has 0 bridgehead atoms. The highest BCUT2D eigenvalue weighted by atomic mass is 35.5. The van der Waals surface area contributed by atoms with Crippen LogP contribution in [-0.2, 0) is 0 Å². The summed E-state index contributed by atoms with van der Waals surface area (Å²) in [5, 5.41) is 3.50. The number of hydrogen-bond acceptors (Lipinski definition) is 5. The number of benzene rings is 1. The van der Waals surface area contributed by atoms with Crippen molar-refractivity contribution in [2.24, 2.45) is 0 Å². The zero-order valence-electron chi connectivity index (χ0n) is 15.1. The van der Waals surface area contributed by atoms with Gasteiger partial charge in [0.25, 0.3) is 17.2 Å². The number of anilines is 1. The molecule has 5 rings (SSSR count). The molecule has 8 nitrogen and oxygen atoms in total. The molecule has 1 amide bonds. The maximum absolute atomic E-state index is 12.7. The van der Waals surface area contributed by atoms with Crippen LogP contribution in [0.15, 0.2) is 35.1 Å². The minimum absolute atomic E-state index is 0.0678. The lowest BCUT2D eigenvalue weighted by molar-refractivity contribution is 0.0746. The van der Waals surface area contributed by atoms with E-state index in [4.69, 9.17) is 11.6 Å². The molecule has 0 radical (unpaired) electrons. The van der Waals surface area contributed by atoms with E-state index in [0.29, 0.717) is 54.4 Å². The molecule has 2 aromatic heterocycles. The van der Waals surface area contributed by atoms with Crippen molar-refractivity contribution in [2.75, 3.05) is 31.1 Å². The van der Waals surface area contributed by atoms with E-state index >= 15 is 0 Å². The van der Waals surface area contributed by atoms with Gasteiger partial charge < -0.3 is 9.80 Å². The molecule has 1 aliphatic heterocycles. The molecule has 3 heterocycles. The second-order valence-corrected chi connectivity index (χ2v) is 7.64. The van der Waals surface area contributed by atoms with Gasteiger partial charge in [0, 0.05) is 38.2 Å². The van der Waals surface area contributed by atoms with E-state index in [-0.39, 0.29) is 11.5 Å². The summed E-state index contributed by atoms with van der Waals surface area (Å²) in [6.07, 6.45) is 2.17. The third kappa shape index (κ3) is 3.03. The largest absolute Gasteiger partial charge is 0.338 e. The van der Waals surface area contributed by atoms with E-state index in [9.17, 15) is 9.59 Å². The van der Waals surface area contributed by atoms with Gasteiger partial charge in [-0.2, -0.15) is 9.50 Å². The maximum atomic E-state index is 12.7.